The van der Waals surface area contributed by atoms with E-state index in [0.29, 0.717) is 16.8 Å². The van der Waals surface area contributed by atoms with Crippen molar-refractivity contribution >= 4 is 28.9 Å². The Labute approximate surface area is 140 Å². The topological polar surface area (TPSA) is 65.0 Å². The minimum atomic E-state index is -0.605. The summed E-state index contributed by atoms with van der Waals surface area (Å²) in [6.07, 6.45) is 0. The van der Waals surface area contributed by atoms with Gasteiger partial charge in [0, 0.05) is 16.0 Å². The Bertz CT molecular complexity index is 908. The Morgan fingerprint density at radius 3 is 2.08 bits per heavy atom. The van der Waals surface area contributed by atoms with E-state index in [1.54, 1.807) is 26.8 Å². The number of ether oxygens (including phenoxy) is 2. The van der Waals surface area contributed by atoms with Crippen molar-refractivity contribution in [2.75, 3.05) is 0 Å². The molecule has 0 atom stereocenters. The molecular formula is C19H21NO4. The monoisotopic (exact) mass is 327 g/mol. The molecular weight excluding hydrogens is 306 g/mol. The zero-order valence-electron chi connectivity index (χ0n) is 14.8. The standard InChI is InChI=1S/C19H21NO4/c1-18(2,3)23-16(21)13-10-8-7-9-11-12(10)15(13)20-14(11)17(22)24-19(4,5)6/h7-9H,1-6H3. The van der Waals surface area contributed by atoms with E-state index < -0.39 is 23.1 Å². The van der Waals surface area contributed by atoms with Crippen LogP contribution < -0.4 is 10.4 Å². The average molecular weight is 327 g/mol. The highest BCUT2D eigenvalue weighted by molar-refractivity contribution is 6.47. The normalized spacial score (nSPS) is 15.5. The molecule has 5 heteroatoms. The van der Waals surface area contributed by atoms with Gasteiger partial charge in [-0.1, -0.05) is 18.2 Å². The van der Waals surface area contributed by atoms with Crippen molar-refractivity contribution in [1.82, 2.24) is 0 Å². The van der Waals surface area contributed by atoms with Crippen molar-refractivity contribution in [3.63, 3.8) is 0 Å². The van der Waals surface area contributed by atoms with Crippen LogP contribution in [0.5, 0.6) is 0 Å². The van der Waals surface area contributed by atoms with Crippen LogP contribution in [0.1, 0.15) is 47.1 Å². The van der Waals surface area contributed by atoms with Crippen LogP contribution in [0, 0.1) is 0 Å². The molecule has 126 valence electrons. The van der Waals surface area contributed by atoms with E-state index in [2.05, 4.69) is 4.99 Å². The van der Waals surface area contributed by atoms with Gasteiger partial charge in [-0.2, -0.15) is 0 Å². The minimum absolute atomic E-state index is 0.246. The summed E-state index contributed by atoms with van der Waals surface area (Å²) in [4.78, 5) is 29.2. The van der Waals surface area contributed by atoms with Crippen molar-refractivity contribution in [2.24, 2.45) is 4.99 Å². The second-order valence-corrected chi connectivity index (χ2v) is 7.92. The summed E-state index contributed by atoms with van der Waals surface area (Å²) in [6, 6.07) is 5.47. The largest absolute Gasteiger partial charge is 0.456 e. The van der Waals surface area contributed by atoms with Gasteiger partial charge in [-0.25, -0.2) is 14.6 Å². The lowest BCUT2D eigenvalue weighted by atomic mass is 9.93. The molecule has 0 radical (unpaired) electrons. The van der Waals surface area contributed by atoms with Crippen LogP contribution in [0.15, 0.2) is 23.2 Å². The third kappa shape index (κ3) is 2.75. The number of carbonyl (C=O) groups is 2. The highest BCUT2D eigenvalue weighted by Gasteiger charge is 2.36. The third-order valence-electron chi connectivity index (χ3n) is 3.48. The van der Waals surface area contributed by atoms with Gasteiger partial charge in [-0.05, 0) is 41.5 Å². The van der Waals surface area contributed by atoms with Gasteiger partial charge >= 0.3 is 11.9 Å². The number of nitrogens with zero attached hydrogens (tertiary/aromatic N) is 1. The first kappa shape index (κ1) is 16.4. The van der Waals surface area contributed by atoms with E-state index >= 15 is 0 Å². The maximum Gasteiger partial charge on any atom is 0.358 e. The van der Waals surface area contributed by atoms with Crippen LogP contribution in [0.2, 0.25) is 0 Å². The maximum atomic E-state index is 12.4. The van der Waals surface area contributed by atoms with Gasteiger partial charge in [0.2, 0.25) is 0 Å². The number of benzene rings is 1. The van der Waals surface area contributed by atoms with E-state index in [1.807, 2.05) is 32.9 Å². The highest BCUT2D eigenvalue weighted by atomic mass is 16.6. The second kappa shape index (κ2) is 5.03. The molecule has 1 aliphatic heterocycles. The van der Waals surface area contributed by atoms with Crippen LogP contribution in [-0.2, 0) is 19.1 Å². The van der Waals surface area contributed by atoms with E-state index in [9.17, 15) is 9.59 Å². The fourth-order valence-corrected chi connectivity index (χ4v) is 2.70. The van der Waals surface area contributed by atoms with Crippen LogP contribution in [-0.4, -0.2) is 28.9 Å². The number of esters is 2. The molecule has 0 spiro atoms. The van der Waals surface area contributed by atoms with Crippen molar-refractivity contribution in [2.45, 2.75) is 52.7 Å². The fourth-order valence-electron chi connectivity index (χ4n) is 2.70. The minimum Gasteiger partial charge on any atom is -0.456 e. The van der Waals surface area contributed by atoms with Gasteiger partial charge in [0.15, 0.2) is 5.71 Å². The van der Waals surface area contributed by atoms with E-state index in [4.69, 9.17) is 9.47 Å². The lowest BCUT2D eigenvalue weighted by Crippen LogP contribution is -2.43. The fraction of sp³-hybridized carbons (Fsp3) is 0.421. The van der Waals surface area contributed by atoms with Crippen molar-refractivity contribution in [3.05, 3.63) is 34.2 Å². The number of rotatable bonds is 2. The van der Waals surface area contributed by atoms with Gasteiger partial charge in [0.1, 0.15) is 11.2 Å². The van der Waals surface area contributed by atoms with Crippen molar-refractivity contribution in [1.29, 1.82) is 0 Å². The molecule has 1 heterocycles. The quantitative estimate of drug-likeness (QED) is 0.771. The Morgan fingerprint density at radius 2 is 1.50 bits per heavy atom. The van der Waals surface area contributed by atoms with Crippen LogP contribution in [0.25, 0.3) is 11.3 Å². The lowest BCUT2D eigenvalue weighted by Gasteiger charge is -2.22. The Balaban J connectivity index is 1.97. The second-order valence-electron chi connectivity index (χ2n) is 7.92. The molecule has 24 heavy (non-hydrogen) atoms. The van der Waals surface area contributed by atoms with E-state index in [0.717, 1.165) is 10.4 Å². The summed E-state index contributed by atoms with van der Waals surface area (Å²) in [5.41, 5.74) is 0.718. The third-order valence-corrected chi connectivity index (χ3v) is 3.48. The predicted octanol–water partition coefficient (Wildman–Crippen LogP) is 1.45. The lowest BCUT2D eigenvalue weighted by molar-refractivity contribution is -0.147. The molecule has 1 aromatic rings. The van der Waals surface area contributed by atoms with Gasteiger partial charge in [0.25, 0.3) is 0 Å². The smallest absolute Gasteiger partial charge is 0.358 e. The summed E-state index contributed by atoms with van der Waals surface area (Å²) in [6.45, 7) is 10.9. The first-order valence-corrected chi connectivity index (χ1v) is 7.92. The molecule has 1 aromatic carbocycles. The molecule has 2 aliphatic rings. The van der Waals surface area contributed by atoms with Crippen LogP contribution in [0.4, 0.5) is 0 Å². The zero-order chi connectivity index (χ0) is 17.9. The van der Waals surface area contributed by atoms with Crippen LogP contribution >= 0.6 is 0 Å². The SMILES string of the molecule is CC(C)(C)OC(=O)C1=NC2=c3c1cccc3=C2C(=O)OC(C)(C)C. The highest BCUT2D eigenvalue weighted by Crippen LogP contribution is 2.26. The summed E-state index contributed by atoms with van der Waals surface area (Å²) in [5.74, 6) is -0.905. The van der Waals surface area contributed by atoms with E-state index in [-0.39, 0.29) is 5.71 Å². The molecule has 0 unspecified atom stereocenters. The summed E-state index contributed by atoms with van der Waals surface area (Å²) >= 11 is 0. The van der Waals surface area contributed by atoms with Gasteiger partial charge in [-0.15, -0.1) is 0 Å². The summed E-state index contributed by atoms with van der Waals surface area (Å²) in [7, 11) is 0. The first-order chi connectivity index (χ1) is 11.0. The Kier molecular flexibility index (Phi) is 3.44. The molecule has 3 rings (SSSR count). The predicted molar refractivity (Wildman–Crippen MR) is 90.7 cm³/mol. The summed E-state index contributed by atoms with van der Waals surface area (Å²) in [5, 5.41) is 1.61. The molecule has 0 saturated carbocycles. The maximum absolute atomic E-state index is 12.4. The first-order valence-electron chi connectivity index (χ1n) is 7.92. The number of hydrogen-bond donors (Lipinski definition) is 0. The average Bonchev–Trinajstić information content (AvgIpc) is 2.71. The molecule has 0 saturated heterocycles. The molecule has 0 aromatic heterocycles. The van der Waals surface area contributed by atoms with Gasteiger partial charge < -0.3 is 9.47 Å². The van der Waals surface area contributed by atoms with Crippen LogP contribution in [0.3, 0.4) is 0 Å². The molecule has 0 bridgehead atoms. The van der Waals surface area contributed by atoms with Gasteiger partial charge in [-0.3, -0.25) is 0 Å². The van der Waals surface area contributed by atoms with Crippen molar-refractivity contribution in [3.8, 4) is 0 Å². The summed E-state index contributed by atoms with van der Waals surface area (Å²) < 4.78 is 10.9. The molecule has 0 N–H and O–H groups in total. The van der Waals surface area contributed by atoms with Gasteiger partial charge in [0.05, 0.1) is 11.3 Å². The Morgan fingerprint density at radius 1 is 0.917 bits per heavy atom. The number of hydrogen-bond acceptors (Lipinski definition) is 5. The molecule has 5 nitrogen and oxygen atoms in total. The molecule has 1 aliphatic carbocycles. The van der Waals surface area contributed by atoms with E-state index in [1.165, 1.54) is 0 Å². The number of carbonyl (C=O) groups excluding carboxylic acids is 2. The number of aliphatic imine (C=N–C) groups is 1. The molecule has 0 amide bonds. The zero-order valence-corrected chi connectivity index (χ0v) is 14.8. The Hall–Kier alpha value is -2.43. The molecule has 0 fully saturated rings. The van der Waals surface area contributed by atoms with Crippen molar-refractivity contribution < 1.29 is 19.1 Å².